The largest absolute Gasteiger partial charge is 0.550 e. The molecule has 0 saturated heterocycles. The molecule has 1 aromatic rings. The lowest BCUT2D eigenvalue weighted by Crippen LogP contribution is -2.27. The SMILES string of the molecule is Cc1oc(CC(C)C)cc1C(=O)NCCCC(=O)[O-]. The highest BCUT2D eigenvalue weighted by molar-refractivity contribution is 5.95. The number of rotatable bonds is 7. The predicted octanol–water partition coefficient (Wildman–Crippen LogP) is 1.05. The molecule has 1 aromatic heterocycles. The van der Waals surface area contributed by atoms with E-state index in [0.29, 0.717) is 30.2 Å². The van der Waals surface area contributed by atoms with Crippen LogP contribution in [0.3, 0.4) is 0 Å². The second-order valence-electron chi connectivity index (χ2n) is 5.01. The topological polar surface area (TPSA) is 82.4 Å². The van der Waals surface area contributed by atoms with Crippen molar-refractivity contribution in [2.75, 3.05) is 6.54 Å². The third-order valence-corrected chi connectivity index (χ3v) is 2.67. The zero-order chi connectivity index (χ0) is 14.4. The fraction of sp³-hybridized carbons (Fsp3) is 0.571. The summed E-state index contributed by atoms with van der Waals surface area (Å²) in [7, 11) is 0. The second-order valence-corrected chi connectivity index (χ2v) is 5.01. The van der Waals surface area contributed by atoms with Crippen LogP contribution in [0.2, 0.25) is 0 Å². The molecule has 19 heavy (non-hydrogen) atoms. The molecule has 0 aliphatic rings. The molecule has 0 radical (unpaired) electrons. The monoisotopic (exact) mass is 266 g/mol. The van der Waals surface area contributed by atoms with Crippen LogP contribution in [0.25, 0.3) is 0 Å². The molecule has 0 atom stereocenters. The van der Waals surface area contributed by atoms with Gasteiger partial charge in [-0.2, -0.15) is 0 Å². The van der Waals surface area contributed by atoms with E-state index in [0.717, 1.165) is 12.2 Å². The summed E-state index contributed by atoms with van der Waals surface area (Å²) < 4.78 is 5.53. The van der Waals surface area contributed by atoms with Crippen molar-refractivity contribution in [2.45, 2.75) is 40.0 Å². The molecular formula is C14H20NO4-. The first-order valence-electron chi connectivity index (χ1n) is 6.47. The van der Waals surface area contributed by atoms with Crippen molar-refractivity contribution in [3.05, 3.63) is 23.2 Å². The normalized spacial score (nSPS) is 10.7. The average molecular weight is 266 g/mol. The lowest BCUT2D eigenvalue weighted by molar-refractivity contribution is -0.305. The molecular weight excluding hydrogens is 246 g/mol. The fourth-order valence-electron chi connectivity index (χ4n) is 1.80. The summed E-state index contributed by atoms with van der Waals surface area (Å²) >= 11 is 0. The van der Waals surface area contributed by atoms with Gasteiger partial charge in [-0.15, -0.1) is 0 Å². The van der Waals surface area contributed by atoms with Crippen molar-refractivity contribution >= 4 is 11.9 Å². The minimum absolute atomic E-state index is 0.0523. The molecule has 0 bridgehead atoms. The first-order chi connectivity index (χ1) is 8.90. The third-order valence-electron chi connectivity index (χ3n) is 2.67. The number of carbonyl (C=O) groups excluding carboxylic acids is 2. The summed E-state index contributed by atoms with van der Waals surface area (Å²) in [4.78, 5) is 22.1. The van der Waals surface area contributed by atoms with Gasteiger partial charge in [0.25, 0.3) is 5.91 Å². The predicted molar refractivity (Wildman–Crippen MR) is 68.6 cm³/mol. The first-order valence-corrected chi connectivity index (χ1v) is 6.47. The van der Waals surface area contributed by atoms with Gasteiger partial charge >= 0.3 is 0 Å². The van der Waals surface area contributed by atoms with Crippen molar-refractivity contribution in [3.8, 4) is 0 Å². The van der Waals surface area contributed by atoms with Gasteiger partial charge in [0, 0.05) is 18.9 Å². The van der Waals surface area contributed by atoms with Gasteiger partial charge < -0.3 is 19.6 Å². The number of aliphatic carboxylic acids is 1. The molecule has 1 rings (SSSR count). The Morgan fingerprint density at radius 1 is 1.42 bits per heavy atom. The number of hydrogen-bond acceptors (Lipinski definition) is 4. The summed E-state index contributed by atoms with van der Waals surface area (Å²) in [6, 6.07) is 1.75. The van der Waals surface area contributed by atoms with Gasteiger partial charge in [0.05, 0.1) is 5.56 Å². The van der Waals surface area contributed by atoms with Gasteiger partial charge in [-0.25, -0.2) is 0 Å². The Bertz CT molecular complexity index is 448. The highest BCUT2D eigenvalue weighted by atomic mass is 16.4. The zero-order valence-corrected chi connectivity index (χ0v) is 11.6. The quantitative estimate of drug-likeness (QED) is 0.748. The Kier molecular flexibility index (Phi) is 5.60. The third kappa shape index (κ3) is 5.16. The molecule has 0 aliphatic carbocycles. The van der Waals surface area contributed by atoms with Crippen molar-refractivity contribution in [2.24, 2.45) is 5.92 Å². The van der Waals surface area contributed by atoms with E-state index in [2.05, 4.69) is 19.2 Å². The summed E-state index contributed by atoms with van der Waals surface area (Å²) in [5.74, 6) is 0.521. The number of nitrogens with one attached hydrogen (secondary N) is 1. The van der Waals surface area contributed by atoms with Gasteiger partial charge in [0.1, 0.15) is 11.5 Å². The highest BCUT2D eigenvalue weighted by Gasteiger charge is 2.15. The molecule has 0 spiro atoms. The van der Waals surface area contributed by atoms with Crippen molar-refractivity contribution < 1.29 is 19.1 Å². The minimum atomic E-state index is -1.10. The molecule has 5 heteroatoms. The van der Waals surface area contributed by atoms with Crippen LogP contribution in [0, 0.1) is 12.8 Å². The molecule has 0 unspecified atom stereocenters. The Balaban J connectivity index is 2.52. The van der Waals surface area contributed by atoms with Crippen LogP contribution in [0.4, 0.5) is 0 Å². The fourth-order valence-corrected chi connectivity index (χ4v) is 1.80. The minimum Gasteiger partial charge on any atom is -0.550 e. The van der Waals surface area contributed by atoms with E-state index >= 15 is 0 Å². The van der Waals surface area contributed by atoms with Crippen molar-refractivity contribution in [1.82, 2.24) is 5.32 Å². The zero-order valence-electron chi connectivity index (χ0n) is 11.6. The molecule has 0 aromatic carbocycles. The Morgan fingerprint density at radius 3 is 2.68 bits per heavy atom. The molecule has 1 heterocycles. The van der Waals surface area contributed by atoms with E-state index in [4.69, 9.17) is 4.42 Å². The number of hydrogen-bond donors (Lipinski definition) is 1. The maximum absolute atomic E-state index is 11.9. The van der Waals surface area contributed by atoms with Gasteiger partial charge in [0.15, 0.2) is 0 Å². The molecule has 1 amide bonds. The molecule has 106 valence electrons. The van der Waals surface area contributed by atoms with Crippen molar-refractivity contribution in [3.63, 3.8) is 0 Å². The standard InChI is InChI=1S/C14H21NO4/c1-9(2)7-11-8-12(10(3)19-11)14(18)15-6-4-5-13(16)17/h8-9H,4-7H2,1-3H3,(H,15,18)(H,16,17)/p-1. The van der Waals surface area contributed by atoms with E-state index in [1.54, 1.807) is 13.0 Å². The lowest BCUT2D eigenvalue weighted by atomic mass is 10.1. The Hall–Kier alpha value is -1.78. The van der Waals surface area contributed by atoms with E-state index in [1.807, 2.05) is 0 Å². The molecule has 0 aliphatic heterocycles. The number of carboxylic acid groups (broad SMARTS) is 1. The van der Waals surface area contributed by atoms with E-state index < -0.39 is 5.97 Å². The van der Waals surface area contributed by atoms with Crippen molar-refractivity contribution in [1.29, 1.82) is 0 Å². The number of aryl methyl sites for hydroxylation is 1. The van der Waals surface area contributed by atoms with Crippen LogP contribution in [0.1, 0.15) is 48.6 Å². The number of furan rings is 1. The number of carbonyl (C=O) groups is 2. The Labute approximate surface area is 113 Å². The van der Waals surface area contributed by atoms with E-state index in [9.17, 15) is 14.7 Å². The molecule has 1 N–H and O–H groups in total. The maximum atomic E-state index is 11.9. The van der Waals surface area contributed by atoms with Crippen LogP contribution < -0.4 is 10.4 Å². The summed E-state index contributed by atoms with van der Waals surface area (Å²) in [5, 5.41) is 12.9. The summed E-state index contributed by atoms with van der Waals surface area (Å²) in [6.07, 6.45) is 1.10. The van der Waals surface area contributed by atoms with E-state index in [1.165, 1.54) is 0 Å². The average Bonchev–Trinajstić information content (AvgIpc) is 2.64. The maximum Gasteiger partial charge on any atom is 0.254 e. The Morgan fingerprint density at radius 2 is 2.11 bits per heavy atom. The van der Waals surface area contributed by atoms with Gasteiger partial charge in [-0.3, -0.25) is 4.79 Å². The summed E-state index contributed by atoms with van der Waals surface area (Å²) in [6.45, 7) is 6.23. The molecule has 0 saturated carbocycles. The lowest BCUT2D eigenvalue weighted by Gasteiger charge is -2.04. The smallest absolute Gasteiger partial charge is 0.254 e. The first kappa shape index (κ1) is 15.3. The van der Waals surface area contributed by atoms with E-state index in [-0.39, 0.29) is 12.3 Å². The van der Waals surface area contributed by atoms with Crippen LogP contribution >= 0.6 is 0 Å². The van der Waals surface area contributed by atoms with Crippen LogP contribution in [-0.4, -0.2) is 18.4 Å². The van der Waals surface area contributed by atoms with Crippen LogP contribution in [0.5, 0.6) is 0 Å². The van der Waals surface area contributed by atoms with Gasteiger partial charge in [0.2, 0.25) is 0 Å². The molecule has 0 fully saturated rings. The highest BCUT2D eigenvalue weighted by Crippen LogP contribution is 2.17. The summed E-state index contributed by atoms with van der Waals surface area (Å²) in [5.41, 5.74) is 0.518. The number of amides is 1. The number of carboxylic acids is 1. The van der Waals surface area contributed by atoms with Gasteiger partial charge in [-0.05, 0) is 31.7 Å². The van der Waals surface area contributed by atoms with Gasteiger partial charge in [-0.1, -0.05) is 13.8 Å². The van der Waals surface area contributed by atoms with Crippen LogP contribution in [0.15, 0.2) is 10.5 Å². The molecule has 5 nitrogen and oxygen atoms in total. The second kappa shape index (κ2) is 6.97. The van der Waals surface area contributed by atoms with Crippen LogP contribution in [-0.2, 0) is 11.2 Å².